The Labute approximate surface area is 128 Å². The van der Waals surface area contributed by atoms with E-state index in [1.54, 1.807) is 14.2 Å². The Kier molecular flexibility index (Phi) is 5.88. The maximum atomic E-state index is 5.89. The monoisotopic (exact) mass is 292 g/mol. The van der Waals surface area contributed by atoms with E-state index >= 15 is 0 Å². The van der Waals surface area contributed by atoms with Crippen molar-refractivity contribution in [2.75, 3.05) is 14.2 Å². The molecule has 1 aromatic carbocycles. The molecule has 0 aliphatic heterocycles. The zero-order valence-electron chi connectivity index (χ0n) is 13.4. The van der Waals surface area contributed by atoms with E-state index in [1.165, 1.54) is 32.1 Å². The molecule has 3 N–H and O–H groups in total. The van der Waals surface area contributed by atoms with Gasteiger partial charge in [0, 0.05) is 5.56 Å². The number of rotatable bonds is 6. The third-order valence-electron chi connectivity index (χ3n) is 4.82. The predicted molar refractivity (Wildman–Crippen MR) is 85.3 cm³/mol. The molecule has 1 aliphatic rings. The predicted octanol–water partition coefficient (Wildman–Crippen LogP) is 3.42. The lowest BCUT2D eigenvalue weighted by Gasteiger charge is -2.34. The molecule has 0 bridgehead atoms. The van der Waals surface area contributed by atoms with Crippen molar-refractivity contribution in [1.82, 2.24) is 5.43 Å². The molecule has 118 valence electrons. The largest absolute Gasteiger partial charge is 0.493 e. The van der Waals surface area contributed by atoms with Crippen molar-refractivity contribution in [3.05, 3.63) is 23.8 Å². The van der Waals surface area contributed by atoms with Gasteiger partial charge in [0.25, 0.3) is 0 Å². The van der Waals surface area contributed by atoms with Crippen molar-refractivity contribution < 1.29 is 9.47 Å². The SMILES string of the molecule is CCC1CCCC(C(NN)c2cccc(OC)c2OC)C1. The number of hydrogen-bond acceptors (Lipinski definition) is 4. The second kappa shape index (κ2) is 7.66. The van der Waals surface area contributed by atoms with Gasteiger partial charge in [0.15, 0.2) is 11.5 Å². The highest BCUT2D eigenvalue weighted by atomic mass is 16.5. The van der Waals surface area contributed by atoms with E-state index in [4.69, 9.17) is 15.3 Å². The summed E-state index contributed by atoms with van der Waals surface area (Å²) in [7, 11) is 3.35. The summed E-state index contributed by atoms with van der Waals surface area (Å²) >= 11 is 0. The minimum Gasteiger partial charge on any atom is -0.493 e. The van der Waals surface area contributed by atoms with Crippen molar-refractivity contribution in [1.29, 1.82) is 0 Å². The van der Waals surface area contributed by atoms with Crippen LogP contribution >= 0.6 is 0 Å². The van der Waals surface area contributed by atoms with Gasteiger partial charge in [0.2, 0.25) is 0 Å². The van der Waals surface area contributed by atoms with Crippen LogP contribution in [0.4, 0.5) is 0 Å². The fraction of sp³-hybridized carbons (Fsp3) is 0.647. The molecule has 1 aromatic rings. The zero-order valence-corrected chi connectivity index (χ0v) is 13.4. The van der Waals surface area contributed by atoms with Gasteiger partial charge < -0.3 is 9.47 Å². The maximum Gasteiger partial charge on any atom is 0.165 e. The van der Waals surface area contributed by atoms with Crippen LogP contribution in [-0.4, -0.2) is 14.2 Å². The lowest BCUT2D eigenvalue weighted by atomic mass is 9.75. The fourth-order valence-electron chi connectivity index (χ4n) is 3.64. The minimum atomic E-state index is 0.115. The molecular formula is C17H28N2O2. The third-order valence-corrected chi connectivity index (χ3v) is 4.82. The van der Waals surface area contributed by atoms with Gasteiger partial charge in [-0.15, -0.1) is 0 Å². The highest BCUT2D eigenvalue weighted by Crippen LogP contribution is 2.42. The molecule has 0 saturated heterocycles. The Balaban J connectivity index is 2.28. The van der Waals surface area contributed by atoms with Gasteiger partial charge in [0.05, 0.1) is 20.3 Å². The van der Waals surface area contributed by atoms with Crippen molar-refractivity contribution >= 4 is 0 Å². The van der Waals surface area contributed by atoms with Crippen LogP contribution in [0, 0.1) is 11.8 Å². The van der Waals surface area contributed by atoms with Gasteiger partial charge in [-0.1, -0.05) is 38.3 Å². The Morgan fingerprint density at radius 1 is 1.29 bits per heavy atom. The van der Waals surface area contributed by atoms with Crippen molar-refractivity contribution in [2.24, 2.45) is 17.7 Å². The van der Waals surface area contributed by atoms with Gasteiger partial charge in [0.1, 0.15) is 0 Å². The van der Waals surface area contributed by atoms with E-state index in [0.717, 1.165) is 23.0 Å². The molecule has 21 heavy (non-hydrogen) atoms. The fourth-order valence-corrected chi connectivity index (χ4v) is 3.64. The summed E-state index contributed by atoms with van der Waals surface area (Å²) < 4.78 is 11.0. The van der Waals surface area contributed by atoms with Gasteiger partial charge >= 0.3 is 0 Å². The number of hydrogen-bond donors (Lipinski definition) is 2. The molecule has 0 spiro atoms. The van der Waals surface area contributed by atoms with Crippen LogP contribution in [0.15, 0.2) is 18.2 Å². The zero-order chi connectivity index (χ0) is 15.2. The highest BCUT2D eigenvalue weighted by molar-refractivity contribution is 5.48. The number of nitrogens with one attached hydrogen (secondary N) is 1. The van der Waals surface area contributed by atoms with Gasteiger partial charge in [-0.3, -0.25) is 11.3 Å². The second-order valence-electron chi connectivity index (χ2n) is 5.93. The second-order valence-corrected chi connectivity index (χ2v) is 5.93. The standard InChI is InChI=1S/C17H28N2O2/c1-4-12-7-5-8-13(11-12)16(19-18)14-9-6-10-15(20-2)17(14)21-3/h6,9-10,12-13,16,19H,4-5,7-8,11,18H2,1-3H3. The Bertz CT molecular complexity index is 450. The molecule has 4 heteroatoms. The van der Waals surface area contributed by atoms with Crippen LogP contribution in [0.1, 0.15) is 50.6 Å². The number of para-hydroxylation sites is 1. The minimum absolute atomic E-state index is 0.115. The lowest BCUT2D eigenvalue weighted by Crippen LogP contribution is -2.36. The van der Waals surface area contributed by atoms with Crippen LogP contribution in [0.2, 0.25) is 0 Å². The molecule has 0 aromatic heterocycles. The molecule has 0 heterocycles. The normalized spacial score (nSPS) is 23.6. The Hall–Kier alpha value is -1.26. The lowest BCUT2D eigenvalue weighted by molar-refractivity contribution is 0.206. The maximum absolute atomic E-state index is 5.89. The summed E-state index contributed by atoms with van der Waals surface area (Å²) in [5, 5.41) is 0. The number of benzene rings is 1. The first kappa shape index (κ1) is 16.1. The van der Waals surface area contributed by atoms with Gasteiger partial charge in [-0.2, -0.15) is 0 Å². The topological polar surface area (TPSA) is 56.5 Å². The van der Waals surface area contributed by atoms with E-state index in [9.17, 15) is 0 Å². The molecule has 2 rings (SSSR count). The number of nitrogens with two attached hydrogens (primary N) is 1. The van der Waals surface area contributed by atoms with Crippen LogP contribution in [0.5, 0.6) is 11.5 Å². The summed E-state index contributed by atoms with van der Waals surface area (Å²) in [6.07, 6.45) is 6.33. The van der Waals surface area contributed by atoms with Crippen LogP contribution in [0.25, 0.3) is 0 Å². The smallest absolute Gasteiger partial charge is 0.165 e. The van der Waals surface area contributed by atoms with Crippen molar-refractivity contribution in [3.63, 3.8) is 0 Å². The molecule has 1 fully saturated rings. The highest BCUT2D eigenvalue weighted by Gasteiger charge is 2.30. The summed E-state index contributed by atoms with van der Waals surface area (Å²) in [6.45, 7) is 2.28. The van der Waals surface area contributed by atoms with E-state index in [2.05, 4.69) is 18.4 Å². The molecule has 1 aliphatic carbocycles. The van der Waals surface area contributed by atoms with Crippen LogP contribution in [0.3, 0.4) is 0 Å². The molecule has 1 saturated carbocycles. The van der Waals surface area contributed by atoms with Crippen LogP contribution < -0.4 is 20.7 Å². The number of ether oxygens (including phenoxy) is 2. The average Bonchev–Trinajstić information content (AvgIpc) is 2.55. The third kappa shape index (κ3) is 3.50. The summed E-state index contributed by atoms with van der Waals surface area (Å²) in [5.41, 5.74) is 4.12. The molecule has 3 atom stereocenters. The Morgan fingerprint density at radius 2 is 2.10 bits per heavy atom. The number of methoxy groups -OCH3 is 2. The average molecular weight is 292 g/mol. The quantitative estimate of drug-likeness (QED) is 0.623. The molecule has 3 unspecified atom stereocenters. The van der Waals surface area contributed by atoms with E-state index in [1.807, 2.05) is 12.1 Å². The molecule has 0 radical (unpaired) electrons. The molecular weight excluding hydrogens is 264 g/mol. The van der Waals surface area contributed by atoms with Gasteiger partial charge in [-0.05, 0) is 30.7 Å². The first-order chi connectivity index (χ1) is 10.2. The van der Waals surface area contributed by atoms with Gasteiger partial charge in [-0.25, -0.2) is 0 Å². The first-order valence-electron chi connectivity index (χ1n) is 7.92. The first-order valence-corrected chi connectivity index (χ1v) is 7.92. The van der Waals surface area contributed by atoms with Crippen molar-refractivity contribution in [2.45, 2.75) is 45.1 Å². The van der Waals surface area contributed by atoms with Crippen LogP contribution in [-0.2, 0) is 0 Å². The van der Waals surface area contributed by atoms with E-state index < -0.39 is 0 Å². The van der Waals surface area contributed by atoms with Crippen molar-refractivity contribution in [3.8, 4) is 11.5 Å². The molecule has 0 amide bonds. The summed E-state index contributed by atoms with van der Waals surface area (Å²) in [5.74, 6) is 8.81. The summed E-state index contributed by atoms with van der Waals surface area (Å²) in [4.78, 5) is 0. The van der Waals surface area contributed by atoms with E-state index in [-0.39, 0.29) is 6.04 Å². The number of hydrazine groups is 1. The summed E-state index contributed by atoms with van der Waals surface area (Å²) in [6, 6.07) is 6.12. The molecule has 4 nitrogen and oxygen atoms in total. The Morgan fingerprint density at radius 3 is 2.71 bits per heavy atom. The van der Waals surface area contributed by atoms with E-state index in [0.29, 0.717) is 5.92 Å².